The fourth-order valence-corrected chi connectivity index (χ4v) is 2.27. The molecule has 3 N–H and O–H groups in total. The smallest absolute Gasteiger partial charge is 0.0728 e. The van der Waals surface area contributed by atoms with Gasteiger partial charge in [-0.1, -0.05) is 35.4 Å². The van der Waals surface area contributed by atoms with Crippen molar-refractivity contribution in [2.24, 2.45) is 5.84 Å². The number of benzene rings is 1. The lowest BCUT2D eigenvalue weighted by molar-refractivity contribution is 0.632. The zero-order valence-electron chi connectivity index (χ0n) is 10.4. The van der Waals surface area contributed by atoms with E-state index in [1.54, 1.807) is 12.4 Å². The van der Waals surface area contributed by atoms with Crippen LogP contribution in [0.25, 0.3) is 0 Å². The standard InChI is InChI=1S/C14H16ClN3/c1-9-3-4-10(2)12(7-9)14(18-16)11-5-6-17-8-13(11)15/h3-8,14,18H,16H2,1-2H3. The van der Waals surface area contributed by atoms with Crippen molar-refractivity contribution in [2.75, 3.05) is 0 Å². The Bertz CT molecular complexity index is 554. The van der Waals surface area contributed by atoms with E-state index in [4.69, 9.17) is 17.4 Å². The molecule has 0 aliphatic heterocycles. The molecule has 0 saturated heterocycles. The second-order valence-electron chi connectivity index (χ2n) is 4.36. The largest absolute Gasteiger partial charge is 0.271 e. The molecule has 18 heavy (non-hydrogen) atoms. The van der Waals surface area contributed by atoms with Gasteiger partial charge in [0.2, 0.25) is 0 Å². The molecule has 94 valence electrons. The number of aromatic nitrogens is 1. The van der Waals surface area contributed by atoms with Crippen LogP contribution in [-0.4, -0.2) is 4.98 Å². The van der Waals surface area contributed by atoms with Gasteiger partial charge < -0.3 is 0 Å². The van der Waals surface area contributed by atoms with E-state index in [-0.39, 0.29) is 6.04 Å². The van der Waals surface area contributed by atoms with Crippen molar-refractivity contribution in [1.82, 2.24) is 10.4 Å². The Morgan fingerprint density at radius 2 is 2.00 bits per heavy atom. The van der Waals surface area contributed by atoms with Gasteiger partial charge in [0, 0.05) is 12.4 Å². The summed E-state index contributed by atoms with van der Waals surface area (Å²) in [6.07, 6.45) is 3.35. The lowest BCUT2D eigenvalue weighted by Gasteiger charge is -2.20. The lowest BCUT2D eigenvalue weighted by atomic mass is 9.94. The fourth-order valence-electron chi connectivity index (χ4n) is 2.04. The van der Waals surface area contributed by atoms with E-state index in [0.717, 1.165) is 11.1 Å². The van der Waals surface area contributed by atoms with E-state index in [9.17, 15) is 0 Å². The number of aryl methyl sites for hydroxylation is 2. The summed E-state index contributed by atoms with van der Waals surface area (Å²) in [5.41, 5.74) is 7.27. The Hall–Kier alpha value is -1.42. The van der Waals surface area contributed by atoms with Gasteiger partial charge in [-0.05, 0) is 36.6 Å². The van der Waals surface area contributed by atoms with Crippen molar-refractivity contribution < 1.29 is 0 Å². The molecule has 4 heteroatoms. The van der Waals surface area contributed by atoms with E-state index in [1.807, 2.05) is 6.07 Å². The van der Waals surface area contributed by atoms with E-state index in [0.29, 0.717) is 5.02 Å². The number of hydrogen-bond donors (Lipinski definition) is 2. The Morgan fingerprint density at radius 1 is 1.22 bits per heavy atom. The van der Waals surface area contributed by atoms with Gasteiger partial charge in [0.05, 0.1) is 11.1 Å². The number of pyridine rings is 1. The molecule has 0 radical (unpaired) electrons. The van der Waals surface area contributed by atoms with Crippen LogP contribution >= 0.6 is 11.6 Å². The van der Waals surface area contributed by atoms with Crippen molar-refractivity contribution in [2.45, 2.75) is 19.9 Å². The summed E-state index contributed by atoms with van der Waals surface area (Å²) in [6, 6.07) is 8.05. The third kappa shape index (κ3) is 2.53. The zero-order valence-corrected chi connectivity index (χ0v) is 11.2. The predicted octanol–water partition coefficient (Wildman–Crippen LogP) is 2.90. The summed E-state index contributed by atoms with van der Waals surface area (Å²) in [5, 5.41) is 0.612. The highest BCUT2D eigenvalue weighted by Crippen LogP contribution is 2.29. The van der Waals surface area contributed by atoms with Crippen LogP contribution in [0.15, 0.2) is 36.7 Å². The van der Waals surface area contributed by atoms with Crippen LogP contribution < -0.4 is 11.3 Å². The van der Waals surface area contributed by atoms with Gasteiger partial charge in [-0.15, -0.1) is 0 Å². The van der Waals surface area contributed by atoms with E-state index in [2.05, 4.69) is 42.5 Å². The third-order valence-electron chi connectivity index (χ3n) is 3.03. The Morgan fingerprint density at radius 3 is 2.67 bits per heavy atom. The molecule has 3 nitrogen and oxygen atoms in total. The molecule has 0 fully saturated rings. The van der Waals surface area contributed by atoms with Gasteiger partial charge in [0.25, 0.3) is 0 Å². The molecule has 1 aromatic heterocycles. The minimum atomic E-state index is -0.125. The average molecular weight is 262 g/mol. The molecular weight excluding hydrogens is 246 g/mol. The first-order valence-corrected chi connectivity index (χ1v) is 6.14. The molecule has 1 unspecified atom stereocenters. The lowest BCUT2D eigenvalue weighted by Crippen LogP contribution is -2.29. The van der Waals surface area contributed by atoms with Crippen molar-refractivity contribution >= 4 is 11.6 Å². The number of halogens is 1. The zero-order chi connectivity index (χ0) is 13.1. The maximum Gasteiger partial charge on any atom is 0.0728 e. The fraction of sp³-hybridized carbons (Fsp3) is 0.214. The molecule has 0 aliphatic carbocycles. The second-order valence-corrected chi connectivity index (χ2v) is 4.76. The number of nitrogens with zero attached hydrogens (tertiary/aromatic N) is 1. The van der Waals surface area contributed by atoms with Gasteiger partial charge >= 0.3 is 0 Å². The number of nitrogens with one attached hydrogen (secondary N) is 1. The highest BCUT2D eigenvalue weighted by Gasteiger charge is 2.17. The molecule has 0 amide bonds. The monoisotopic (exact) mass is 261 g/mol. The number of hydrazine groups is 1. The quantitative estimate of drug-likeness (QED) is 0.660. The van der Waals surface area contributed by atoms with E-state index in [1.165, 1.54) is 11.1 Å². The molecule has 0 aliphatic rings. The first kappa shape index (κ1) is 13.0. The van der Waals surface area contributed by atoms with Crippen molar-refractivity contribution in [3.63, 3.8) is 0 Å². The highest BCUT2D eigenvalue weighted by atomic mass is 35.5. The highest BCUT2D eigenvalue weighted by molar-refractivity contribution is 6.31. The molecular formula is C14H16ClN3. The first-order valence-electron chi connectivity index (χ1n) is 5.76. The molecule has 2 aromatic rings. The molecule has 1 atom stereocenters. The summed E-state index contributed by atoms with van der Waals surface area (Å²) >= 11 is 6.18. The maximum atomic E-state index is 6.18. The normalized spacial score (nSPS) is 12.4. The average Bonchev–Trinajstić information content (AvgIpc) is 2.36. The summed E-state index contributed by atoms with van der Waals surface area (Å²) < 4.78 is 0. The van der Waals surface area contributed by atoms with Crippen molar-refractivity contribution in [1.29, 1.82) is 0 Å². The topological polar surface area (TPSA) is 50.9 Å². The molecule has 2 rings (SSSR count). The number of rotatable bonds is 3. The Kier molecular flexibility index (Phi) is 3.97. The van der Waals surface area contributed by atoms with Crippen molar-refractivity contribution in [3.05, 3.63) is 63.9 Å². The van der Waals surface area contributed by atoms with Crippen LogP contribution in [0, 0.1) is 13.8 Å². The Balaban J connectivity index is 2.52. The van der Waals surface area contributed by atoms with Crippen molar-refractivity contribution in [3.8, 4) is 0 Å². The number of hydrogen-bond acceptors (Lipinski definition) is 3. The van der Waals surface area contributed by atoms with Gasteiger partial charge in [-0.25, -0.2) is 5.43 Å². The summed E-state index contributed by atoms with van der Waals surface area (Å²) in [5.74, 6) is 5.70. The molecule has 0 spiro atoms. The molecule has 1 aromatic carbocycles. The third-order valence-corrected chi connectivity index (χ3v) is 3.34. The van der Waals surface area contributed by atoms with Gasteiger partial charge in [0.15, 0.2) is 0 Å². The van der Waals surface area contributed by atoms with Crippen LogP contribution in [-0.2, 0) is 0 Å². The number of nitrogens with two attached hydrogens (primary N) is 1. The van der Waals surface area contributed by atoms with Gasteiger partial charge in [-0.3, -0.25) is 10.8 Å². The van der Waals surface area contributed by atoms with Crippen LogP contribution in [0.2, 0.25) is 5.02 Å². The van der Waals surface area contributed by atoms with Gasteiger partial charge in [0.1, 0.15) is 0 Å². The van der Waals surface area contributed by atoms with E-state index < -0.39 is 0 Å². The first-order chi connectivity index (χ1) is 8.63. The summed E-state index contributed by atoms with van der Waals surface area (Å²) in [4.78, 5) is 3.99. The molecule has 0 bridgehead atoms. The Labute approximate surface area is 112 Å². The summed E-state index contributed by atoms with van der Waals surface area (Å²) in [6.45, 7) is 4.12. The van der Waals surface area contributed by atoms with Crippen LogP contribution in [0.5, 0.6) is 0 Å². The predicted molar refractivity (Wildman–Crippen MR) is 74.3 cm³/mol. The molecule has 0 saturated carbocycles. The minimum Gasteiger partial charge on any atom is -0.271 e. The minimum absolute atomic E-state index is 0.125. The molecule has 1 heterocycles. The van der Waals surface area contributed by atoms with Gasteiger partial charge in [-0.2, -0.15) is 0 Å². The van der Waals surface area contributed by atoms with Crippen LogP contribution in [0.4, 0.5) is 0 Å². The maximum absolute atomic E-state index is 6.18. The van der Waals surface area contributed by atoms with Crippen LogP contribution in [0.1, 0.15) is 28.3 Å². The summed E-state index contributed by atoms with van der Waals surface area (Å²) in [7, 11) is 0. The van der Waals surface area contributed by atoms with E-state index >= 15 is 0 Å². The second kappa shape index (κ2) is 5.48. The SMILES string of the molecule is Cc1ccc(C)c(C(NN)c2ccncc2Cl)c1. The van der Waals surface area contributed by atoms with Crippen LogP contribution in [0.3, 0.4) is 0 Å².